The molecule has 0 amide bonds. The van der Waals surface area contributed by atoms with Crippen molar-refractivity contribution < 1.29 is 29.3 Å². The Bertz CT molecular complexity index is 659. The number of cyclic esters (lactones) is 1. The first-order chi connectivity index (χ1) is 12.6. The van der Waals surface area contributed by atoms with Crippen LogP contribution in [0, 0.1) is 39.9 Å². The maximum absolute atomic E-state index is 12.7. The molecule has 2 N–H and O–H groups in total. The van der Waals surface area contributed by atoms with Crippen molar-refractivity contribution in [3.05, 3.63) is 0 Å². The van der Waals surface area contributed by atoms with Gasteiger partial charge in [-0.3, -0.25) is 9.59 Å². The Morgan fingerprint density at radius 3 is 2.56 bits per heavy atom. The highest BCUT2D eigenvalue weighted by molar-refractivity contribution is 5.84. The predicted molar refractivity (Wildman–Crippen MR) is 96.4 cm³/mol. The summed E-state index contributed by atoms with van der Waals surface area (Å²) in [5, 5.41) is 22.7. The molecule has 152 valence electrons. The molecule has 4 rings (SSSR count). The summed E-state index contributed by atoms with van der Waals surface area (Å²) in [6.45, 7) is 6.65. The average molecular weight is 380 g/mol. The molecule has 27 heavy (non-hydrogen) atoms. The zero-order valence-corrected chi connectivity index (χ0v) is 16.7. The number of aliphatic hydroxyl groups excluding tert-OH is 2. The maximum Gasteiger partial charge on any atom is 0.310 e. The number of fused-ring (bicyclic) bond motifs is 2. The summed E-state index contributed by atoms with van der Waals surface area (Å²) in [5.41, 5.74) is -1.20. The molecule has 3 saturated carbocycles. The van der Waals surface area contributed by atoms with Crippen LogP contribution in [0.5, 0.6) is 0 Å². The fraction of sp³-hybridized carbons (Fsp3) is 0.905. The minimum Gasteiger partial charge on any atom is -0.469 e. The monoisotopic (exact) mass is 380 g/mol. The Morgan fingerprint density at radius 1 is 1.19 bits per heavy atom. The first-order valence-corrected chi connectivity index (χ1v) is 10.2. The number of rotatable bonds is 1. The molecule has 1 unspecified atom stereocenters. The Hall–Kier alpha value is -1.14. The van der Waals surface area contributed by atoms with Gasteiger partial charge in [0.15, 0.2) is 0 Å². The Kier molecular flexibility index (Phi) is 4.21. The summed E-state index contributed by atoms with van der Waals surface area (Å²) in [6.07, 6.45) is 2.32. The van der Waals surface area contributed by atoms with Crippen molar-refractivity contribution in [1.29, 1.82) is 0 Å². The second-order valence-electron chi connectivity index (χ2n) is 10.2. The lowest BCUT2D eigenvalue weighted by Gasteiger charge is -2.67. The summed E-state index contributed by atoms with van der Waals surface area (Å²) >= 11 is 0. The standard InChI is InChI=1S/C21H32O6/c1-19(2)8-5-9-20(3)12-7-6-11(17(24)26-4)13-18(25)27-10-21(12,13)16(23)14(22)15(19)20/h11-16,22-23H,5-10H2,1-4H3/t11-,12-,13+,14-,15?,16-,20-,21-/m1/s1. The van der Waals surface area contributed by atoms with E-state index >= 15 is 0 Å². The molecule has 8 atom stereocenters. The molecule has 0 aromatic carbocycles. The van der Waals surface area contributed by atoms with Crippen molar-refractivity contribution in [1.82, 2.24) is 0 Å². The van der Waals surface area contributed by atoms with Gasteiger partial charge < -0.3 is 19.7 Å². The van der Waals surface area contributed by atoms with Gasteiger partial charge in [0.2, 0.25) is 0 Å². The quantitative estimate of drug-likeness (QED) is 0.675. The number of esters is 2. The van der Waals surface area contributed by atoms with Crippen LogP contribution in [0.4, 0.5) is 0 Å². The molecule has 6 heteroatoms. The average Bonchev–Trinajstić information content (AvgIpc) is 2.96. The van der Waals surface area contributed by atoms with Crippen LogP contribution >= 0.6 is 0 Å². The van der Waals surface area contributed by atoms with Gasteiger partial charge in [-0.1, -0.05) is 27.2 Å². The van der Waals surface area contributed by atoms with E-state index in [2.05, 4.69) is 20.8 Å². The normalized spacial score (nSPS) is 50.8. The lowest BCUT2D eigenvalue weighted by molar-refractivity contribution is -0.267. The molecule has 1 aliphatic heterocycles. The molecular weight excluding hydrogens is 348 g/mol. The largest absolute Gasteiger partial charge is 0.469 e. The van der Waals surface area contributed by atoms with Crippen molar-refractivity contribution in [3.63, 3.8) is 0 Å². The third kappa shape index (κ3) is 2.26. The number of ether oxygens (including phenoxy) is 2. The first-order valence-electron chi connectivity index (χ1n) is 10.2. The number of carbonyl (C=O) groups excluding carboxylic acids is 2. The highest BCUT2D eigenvalue weighted by atomic mass is 16.5. The van der Waals surface area contributed by atoms with Crippen LogP contribution in [0.25, 0.3) is 0 Å². The number of hydrogen-bond donors (Lipinski definition) is 2. The predicted octanol–water partition coefficient (Wildman–Crippen LogP) is 1.91. The van der Waals surface area contributed by atoms with E-state index in [0.29, 0.717) is 6.42 Å². The molecule has 1 spiro atoms. The molecule has 3 aliphatic carbocycles. The molecular formula is C21H32O6. The van der Waals surface area contributed by atoms with E-state index in [9.17, 15) is 19.8 Å². The number of hydrogen-bond acceptors (Lipinski definition) is 6. The zero-order chi connectivity index (χ0) is 19.8. The molecule has 0 aromatic heterocycles. The van der Waals surface area contributed by atoms with Crippen LogP contribution in [-0.4, -0.2) is 48.1 Å². The van der Waals surface area contributed by atoms with Crippen molar-refractivity contribution in [2.24, 2.45) is 39.9 Å². The van der Waals surface area contributed by atoms with E-state index in [-0.39, 0.29) is 29.3 Å². The van der Waals surface area contributed by atoms with Gasteiger partial charge in [0.05, 0.1) is 36.6 Å². The van der Waals surface area contributed by atoms with E-state index in [4.69, 9.17) is 9.47 Å². The fourth-order valence-corrected chi connectivity index (χ4v) is 7.93. The first kappa shape index (κ1) is 19.2. The number of aliphatic hydroxyl groups is 2. The third-order valence-electron chi connectivity index (χ3n) is 8.72. The van der Waals surface area contributed by atoms with E-state index in [0.717, 1.165) is 25.7 Å². The number of carbonyl (C=O) groups is 2. The molecule has 4 fully saturated rings. The number of methoxy groups -OCH3 is 1. The fourth-order valence-electron chi connectivity index (χ4n) is 7.93. The van der Waals surface area contributed by atoms with Gasteiger partial charge in [0, 0.05) is 0 Å². The smallest absolute Gasteiger partial charge is 0.310 e. The molecule has 1 saturated heterocycles. The molecule has 4 aliphatic rings. The van der Waals surface area contributed by atoms with Crippen LogP contribution < -0.4 is 0 Å². The summed E-state index contributed by atoms with van der Waals surface area (Å²) in [4.78, 5) is 25.1. The molecule has 0 radical (unpaired) electrons. The van der Waals surface area contributed by atoms with Gasteiger partial charge in [0.25, 0.3) is 0 Å². The van der Waals surface area contributed by atoms with Crippen LogP contribution in [0.3, 0.4) is 0 Å². The SMILES string of the molecule is COC(=O)[C@@H]1CC[C@H]2[C@@]3(COC(=O)[C@H]13)[C@H](O)[C@H](O)C1C(C)(C)CCC[C@@]12C. The minimum atomic E-state index is -1.08. The molecule has 0 bridgehead atoms. The highest BCUT2D eigenvalue weighted by Gasteiger charge is 2.74. The summed E-state index contributed by atoms with van der Waals surface area (Å²) in [6, 6.07) is 0. The van der Waals surface area contributed by atoms with Gasteiger partial charge >= 0.3 is 11.9 Å². The van der Waals surface area contributed by atoms with Gasteiger partial charge in [-0.05, 0) is 48.3 Å². The Morgan fingerprint density at radius 2 is 1.89 bits per heavy atom. The van der Waals surface area contributed by atoms with Gasteiger partial charge in [-0.25, -0.2) is 0 Å². The summed E-state index contributed by atoms with van der Waals surface area (Å²) in [5.74, 6) is -2.22. The topological polar surface area (TPSA) is 93.1 Å². The summed E-state index contributed by atoms with van der Waals surface area (Å²) < 4.78 is 10.4. The van der Waals surface area contributed by atoms with Crippen molar-refractivity contribution in [3.8, 4) is 0 Å². The Balaban J connectivity index is 1.85. The van der Waals surface area contributed by atoms with Crippen LogP contribution in [0.1, 0.15) is 52.9 Å². The molecule has 0 aromatic rings. The van der Waals surface area contributed by atoms with E-state index in [1.807, 2.05) is 0 Å². The maximum atomic E-state index is 12.7. The molecule has 6 nitrogen and oxygen atoms in total. The Labute approximate surface area is 160 Å². The second kappa shape index (κ2) is 5.93. The van der Waals surface area contributed by atoms with Gasteiger partial charge in [-0.2, -0.15) is 0 Å². The lowest BCUT2D eigenvalue weighted by Crippen LogP contribution is -2.71. The van der Waals surface area contributed by atoms with E-state index in [1.54, 1.807) is 0 Å². The lowest BCUT2D eigenvalue weighted by atomic mass is 9.37. The van der Waals surface area contributed by atoms with E-state index < -0.39 is 41.4 Å². The van der Waals surface area contributed by atoms with Crippen molar-refractivity contribution in [2.75, 3.05) is 13.7 Å². The van der Waals surface area contributed by atoms with Crippen molar-refractivity contribution >= 4 is 11.9 Å². The molecule has 1 heterocycles. The minimum absolute atomic E-state index is 0.0327. The third-order valence-corrected chi connectivity index (χ3v) is 8.72. The zero-order valence-electron chi connectivity index (χ0n) is 16.7. The van der Waals surface area contributed by atoms with Crippen LogP contribution in [-0.2, 0) is 19.1 Å². The van der Waals surface area contributed by atoms with Crippen LogP contribution in [0.2, 0.25) is 0 Å². The van der Waals surface area contributed by atoms with Crippen molar-refractivity contribution in [2.45, 2.75) is 65.1 Å². The van der Waals surface area contributed by atoms with Gasteiger partial charge in [-0.15, -0.1) is 0 Å². The second-order valence-corrected chi connectivity index (χ2v) is 10.2. The van der Waals surface area contributed by atoms with E-state index in [1.165, 1.54) is 7.11 Å². The summed E-state index contributed by atoms with van der Waals surface area (Å²) in [7, 11) is 1.33. The highest BCUT2D eigenvalue weighted by Crippen LogP contribution is 2.70. The van der Waals surface area contributed by atoms with Crippen LogP contribution in [0.15, 0.2) is 0 Å². The van der Waals surface area contributed by atoms with Gasteiger partial charge in [0.1, 0.15) is 6.61 Å².